The van der Waals surface area contributed by atoms with Gasteiger partial charge in [0.25, 0.3) is 5.91 Å². The highest BCUT2D eigenvalue weighted by atomic mass is 32.2. The average molecular weight is 314 g/mol. The molecule has 1 aromatic rings. The minimum Gasteiger partial charge on any atom is -0.490 e. The molecule has 2 N–H and O–H groups in total. The molecule has 0 aromatic heterocycles. The maximum atomic E-state index is 11.9. The van der Waals surface area contributed by atoms with E-state index in [0.717, 1.165) is 17.9 Å². The number of benzene rings is 1. The number of carbonyl (C=O) groups excluding carboxylic acids is 1. The lowest BCUT2D eigenvalue weighted by Gasteiger charge is -2.07. The zero-order chi connectivity index (χ0) is 15.7. The number of nitrogens with one attached hydrogen (secondary N) is 1. The largest absolute Gasteiger partial charge is 0.490 e. The van der Waals surface area contributed by atoms with Crippen molar-refractivity contribution in [1.29, 1.82) is 0 Å². The average Bonchev–Trinajstić information content (AvgIpc) is 2.49. The summed E-state index contributed by atoms with van der Waals surface area (Å²) in [6.45, 7) is 0.663. The third kappa shape index (κ3) is 5.60. The smallest absolute Gasteiger partial charge is 0.310 e. The molecule has 116 valence electrons. The number of aliphatic hydroxyl groups excluding tert-OH is 1. The lowest BCUT2D eigenvalue weighted by Crippen LogP contribution is -2.25. The molecule has 8 heteroatoms. The van der Waals surface area contributed by atoms with E-state index in [0.29, 0.717) is 12.1 Å². The maximum Gasteiger partial charge on any atom is 0.310 e. The first-order chi connectivity index (χ1) is 10.1. The van der Waals surface area contributed by atoms with Gasteiger partial charge in [-0.2, -0.15) is 11.8 Å². The Kier molecular flexibility index (Phi) is 7.55. The van der Waals surface area contributed by atoms with Crippen LogP contribution in [0.5, 0.6) is 5.75 Å². The van der Waals surface area contributed by atoms with E-state index in [2.05, 4.69) is 5.32 Å². The van der Waals surface area contributed by atoms with Gasteiger partial charge in [-0.05, 0) is 18.2 Å². The number of carbonyl (C=O) groups is 1. The molecule has 0 heterocycles. The molecule has 0 bridgehead atoms. The summed E-state index contributed by atoms with van der Waals surface area (Å²) in [6, 6.07) is 4.00. The summed E-state index contributed by atoms with van der Waals surface area (Å²) in [4.78, 5) is 22.1. The summed E-state index contributed by atoms with van der Waals surface area (Å²) in [5, 5.41) is 22.1. The van der Waals surface area contributed by atoms with Gasteiger partial charge in [0, 0.05) is 36.6 Å². The fraction of sp³-hybridized carbons (Fsp3) is 0.462. The number of nitrogens with zero attached hydrogens (tertiary/aromatic N) is 1. The van der Waals surface area contributed by atoms with Crippen molar-refractivity contribution in [3.8, 4) is 5.75 Å². The van der Waals surface area contributed by atoms with E-state index in [1.807, 2.05) is 0 Å². The van der Waals surface area contributed by atoms with Crippen molar-refractivity contribution < 1.29 is 19.6 Å². The van der Waals surface area contributed by atoms with E-state index in [1.54, 1.807) is 11.8 Å². The Morgan fingerprint density at radius 1 is 1.48 bits per heavy atom. The number of nitro benzene ring substituents is 1. The van der Waals surface area contributed by atoms with Gasteiger partial charge in [-0.25, -0.2) is 0 Å². The number of thioether (sulfide) groups is 1. The Balaban J connectivity index is 2.53. The fourth-order valence-electron chi connectivity index (χ4n) is 1.58. The lowest BCUT2D eigenvalue weighted by atomic mass is 10.2. The molecular formula is C13H18N2O5S. The second kappa shape index (κ2) is 9.19. The van der Waals surface area contributed by atoms with Gasteiger partial charge >= 0.3 is 5.69 Å². The van der Waals surface area contributed by atoms with Gasteiger partial charge in [0.1, 0.15) is 0 Å². The van der Waals surface area contributed by atoms with Crippen LogP contribution < -0.4 is 10.1 Å². The van der Waals surface area contributed by atoms with Crippen LogP contribution in [0.1, 0.15) is 16.8 Å². The van der Waals surface area contributed by atoms with Gasteiger partial charge in [-0.3, -0.25) is 14.9 Å². The quantitative estimate of drug-likeness (QED) is 0.406. The van der Waals surface area contributed by atoms with Gasteiger partial charge in [0.2, 0.25) is 0 Å². The summed E-state index contributed by atoms with van der Waals surface area (Å²) in [5.74, 6) is 1.35. The van der Waals surface area contributed by atoms with E-state index in [9.17, 15) is 14.9 Å². The first-order valence-corrected chi connectivity index (χ1v) is 7.55. The van der Waals surface area contributed by atoms with Gasteiger partial charge in [-0.1, -0.05) is 0 Å². The molecule has 0 spiro atoms. The standard InChI is InChI=1S/C13H18N2O5S/c1-20-12-9-10(3-4-11(12)15(18)19)13(17)14-5-8-21-7-2-6-16/h3-4,9,16H,2,5-8H2,1H3,(H,14,17). The van der Waals surface area contributed by atoms with Crippen LogP contribution in [0.3, 0.4) is 0 Å². The minimum atomic E-state index is -0.557. The summed E-state index contributed by atoms with van der Waals surface area (Å²) in [6.07, 6.45) is 0.734. The summed E-state index contributed by atoms with van der Waals surface area (Å²) >= 11 is 1.64. The molecule has 0 aliphatic carbocycles. The molecule has 0 saturated carbocycles. The zero-order valence-corrected chi connectivity index (χ0v) is 12.5. The van der Waals surface area contributed by atoms with Crippen LogP contribution in [0.15, 0.2) is 18.2 Å². The molecule has 1 aromatic carbocycles. The van der Waals surface area contributed by atoms with Crippen molar-refractivity contribution in [1.82, 2.24) is 5.32 Å². The molecule has 0 saturated heterocycles. The van der Waals surface area contributed by atoms with Crippen molar-refractivity contribution in [2.24, 2.45) is 0 Å². The molecule has 21 heavy (non-hydrogen) atoms. The third-order valence-electron chi connectivity index (χ3n) is 2.62. The topological polar surface area (TPSA) is 102 Å². The normalized spacial score (nSPS) is 10.2. The number of methoxy groups -OCH3 is 1. The van der Waals surface area contributed by atoms with Gasteiger partial charge in [0.05, 0.1) is 12.0 Å². The van der Waals surface area contributed by atoms with Crippen LogP contribution in [0, 0.1) is 10.1 Å². The number of hydrogen-bond donors (Lipinski definition) is 2. The van der Waals surface area contributed by atoms with E-state index in [4.69, 9.17) is 9.84 Å². The Labute approximate surface area is 126 Å². The van der Waals surface area contributed by atoms with Crippen LogP contribution in [-0.2, 0) is 0 Å². The SMILES string of the molecule is COc1cc(C(=O)NCCSCCCO)ccc1[N+](=O)[O-]. The molecule has 0 fully saturated rings. The molecule has 1 rings (SSSR count). The molecule has 0 aliphatic rings. The van der Waals surface area contributed by atoms with E-state index < -0.39 is 4.92 Å². The third-order valence-corrected chi connectivity index (χ3v) is 3.69. The number of amides is 1. The van der Waals surface area contributed by atoms with Gasteiger partial charge in [-0.15, -0.1) is 0 Å². The lowest BCUT2D eigenvalue weighted by molar-refractivity contribution is -0.385. The van der Waals surface area contributed by atoms with E-state index in [-0.39, 0.29) is 24.0 Å². The summed E-state index contributed by atoms with van der Waals surface area (Å²) in [5.41, 5.74) is 0.145. The fourth-order valence-corrected chi connectivity index (χ4v) is 2.36. The maximum absolute atomic E-state index is 11.9. The zero-order valence-electron chi connectivity index (χ0n) is 11.7. The summed E-state index contributed by atoms with van der Waals surface area (Å²) in [7, 11) is 1.32. The Morgan fingerprint density at radius 2 is 2.24 bits per heavy atom. The van der Waals surface area contributed by atoms with E-state index in [1.165, 1.54) is 25.3 Å². The Bertz CT molecular complexity index is 495. The molecule has 0 aliphatic heterocycles. The number of hydrogen-bond acceptors (Lipinski definition) is 6. The number of nitro groups is 1. The second-order valence-corrected chi connectivity index (χ2v) is 5.31. The van der Waals surface area contributed by atoms with Gasteiger partial charge in [0.15, 0.2) is 5.75 Å². The highest BCUT2D eigenvalue weighted by Crippen LogP contribution is 2.27. The molecule has 0 radical (unpaired) electrons. The molecular weight excluding hydrogens is 296 g/mol. The molecule has 0 atom stereocenters. The van der Waals surface area contributed by atoms with Crippen LogP contribution >= 0.6 is 11.8 Å². The van der Waals surface area contributed by atoms with E-state index >= 15 is 0 Å². The first-order valence-electron chi connectivity index (χ1n) is 6.39. The monoisotopic (exact) mass is 314 g/mol. The number of aliphatic hydroxyl groups is 1. The Morgan fingerprint density at radius 3 is 2.86 bits per heavy atom. The van der Waals surface area contributed by atoms with Crippen molar-refractivity contribution in [2.45, 2.75) is 6.42 Å². The van der Waals surface area contributed by atoms with Crippen molar-refractivity contribution in [2.75, 3.05) is 31.8 Å². The Hall–Kier alpha value is -1.80. The highest BCUT2D eigenvalue weighted by molar-refractivity contribution is 7.99. The molecule has 1 amide bonds. The van der Waals surface area contributed by atoms with Crippen molar-refractivity contribution in [3.63, 3.8) is 0 Å². The van der Waals surface area contributed by atoms with Crippen molar-refractivity contribution >= 4 is 23.4 Å². The highest BCUT2D eigenvalue weighted by Gasteiger charge is 2.17. The minimum absolute atomic E-state index is 0.0602. The number of rotatable bonds is 9. The molecule has 7 nitrogen and oxygen atoms in total. The van der Waals surface area contributed by atoms with Crippen LogP contribution in [-0.4, -0.2) is 47.7 Å². The first kappa shape index (κ1) is 17.3. The van der Waals surface area contributed by atoms with Crippen LogP contribution in [0.25, 0.3) is 0 Å². The second-order valence-electron chi connectivity index (χ2n) is 4.09. The van der Waals surface area contributed by atoms with Crippen molar-refractivity contribution in [3.05, 3.63) is 33.9 Å². The number of ether oxygens (including phenoxy) is 1. The predicted molar refractivity (Wildman–Crippen MR) is 81.0 cm³/mol. The summed E-state index contributed by atoms with van der Waals surface area (Å²) < 4.78 is 4.92. The van der Waals surface area contributed by atoms with Gasteiger partial charge < -0.3 is 15.2 Å². The van der Waals surface area contributed by atoms with Crippen LogP contribution in [0.4, 0.5) is 5.69 Å². The molecule has 0 unspecified atom stereocenters. The predicted octanol–water partition coefficient (Wildman–Crippen LogP) is 1.45. The van der Waals surface area contributed by atoms with Crippen LogP contribution in [0.2, 0.25) is 0 Å².